The highest BCUT2D eigenvalue weighted by Crippen LogP contribution is 2.31. The van der Waals surface area contributed by atoms with E-state index in [9.17, 15) is 4.79 Å². The summed E-state index contributed by atoms with van der Waals surface area (Å²) in [7, 11) is 1.45. The summed E-state index contributed by atoms with van der Waals surface area (Å²) >= 11 is 0. The Morgan fingerprint density at radius 2 is 2.05 bits per heavy atom. The summed E-state index contributed by atoms with van der Waals surface area (Å²) in [5, 5.41) is 3.31. The molecule has 1 N–H and O–H groups in total. The highest BCUT2D eigenvalue weighted by Gasteiger charge is 2.43. The first-order chi connectivity index (χ1) is 9.83. The van der Waals surface area contributed by atoms with Crippen LogP contribution in [0.1, 0.15) is 53.4 Å². The Morgan fingerprint density at radius 1 is 1.33 bits per heavy atom. The molecule has 0 aromatic rings. The number of likely N-dealkylation sites (N-methyl/N-ethyl adjacent to an activating group) is 1. The van der Waals surface area contributed by atoms with Gasteiger partial charge in [0.15, 0.2) is 0 Å². The molecule has 5 heteroatoms. The molecule has 5 nitrogen and oxygen atoms in total. The van der Waals surface area contributed by atoms with Crippen molar-refractivity contribution in [2.75, 3.05) is 26.9 Å². The smallest absolute Gasteiger partial charge is 0.326 e. The Bertz CT molecular complexity index is 323. The third-order valence-electron chi connectivity index (χ3n) is 3.77. The van der Waals surface area contributed by atoms with Gasteiger partial charge >= 0.3 is 5.97 Å². The molecular weight excluding hydrogens is 270 g/mol. The van der Waals surface area contributed by atoms with Crippen LogP contribution in [-0.2, 0) is 19.0 Å². The van der Waals surface area contributed by atoms with Crippen LogP contribution < -0.4 is 5.32 Å². The highest BCUT2D eigenvalue weighted by molar-refractivity contribution is 5.81. The van der Waals surface area contributed by atoms with Gasteiger partial charge in [-0.15, -0.1) is 0 Å². The first-order valence-electron chi connectivity index (χ1n) is 7.92. The second kappa shape index (κ2) is 8.11. The molecule has 1 rings (SSSR count). The van der Waals surface area contributed by atoms with Crippen molar-refractivity contribution in [3.8, 4) is 0 Å². The van der Waals surface area contributed by atoms with Gasteiger partial charge in [-0.2, -0.15) is 0 Å². The van der Waals surface area contributed by atoms with Crippen molar-refractivity contribution >= 4 is 5.97 Å². The minimum Gasteiger partial charge on any atom is -0.468 e. The van der Waals surface area contributed by atoms with Crippen LogP contribution in [0.3, 0.4) is 0 Å². The standard InChI is InChI=1S/C16H31NO4/c1-6-17-16(14(18)19-5)9-7-8-13(12-16)20-10-11-21-15(2,3)4/h13,17H,6-12H2,1-5H3. The largest absolute Gasteiger partial charge is 0.468 e. The van der Waals surface area contributed by atoms with Gasteiger partial charge in [0.2, 0.25) is 0 Å². The van der Waals surface area contributed by atoms with Gasteiger partial charge in [-0.05, 0) is 46.6 Å². The first kappa shape index (κ1) is 18.4. The van der Waals surface area contributed by atoms with Crippen molar-refractivity contribution in [1.29, 1.82) is 0 Å². The molecule has 1 fully saturated rings. The maximum Gasteiger partial charge on any atom is 0.326 e. The summed E-state index contributed by atoms with van der Waals surface area (Å²) in [5.41, 5.74) is -0.729. The van der Waals surface area contributed by atoms with E-state index in [1.54, 1.807) is 0 Å². The monoisotopic (exact) mass is 301 g/mol. The lowest BCUT2D eigenvalue weighted by molar-refractivity contribution is -0.153. The third kappa shape index (κ3) is 5.93. The molecule has 0 heterocycles. The second-order valence-electron chi connectivity index (χ2n) is 6.65. The molecule has 2 atom stereocenters. The molecular formula is C16H31NO4. The van der Waals surface area contributed by atoms with Gasteiger partial charge in [-0.1, -0.05) is 6.92 Å². The van der Waals surface area contributed by atoms with Crippen LogP contribution >= 0.6 is 0 Å². The van der Waals surface area contributed by atoms with Crippen LogP contribution in [0.15, 0.2) is 0 Å². The molecule has 1 saturated carbocycles. The van der Waals surface area contributed by atoms with E-state index in [2.05, 4.69) is 5.32 Å². The Morgan fingerprint density at radius 3 is 2.62 bits per heavy atom. The van der Waals surface area contributed by atoms with Crippen molar-refractivity contribution in [3.63, 3.8) is 0 Å². The molecule has 0 aromatic carbocycles. The maximum atomic E-state index is 12.1. The number of hydrogen-bond donors (Lipinski definition) is 1. The number of methoxy groups -OCH3 is 1. The molecule has 2 unspecified atom stereocenters. The zero-order valence-electron chi connectivity index (χ0n) is 14.2. The zero-order valence-corrected chi connectivity index (χ0v) is 14.2. The van der Waals surface area contributed by atoms with Crippen molar-refractivity contribution in [1.82, 2.24) is 5.32 Å². The summed E-state index contributed by atoms with van der Waals surface area (Å²) in [6.45, 7) is 9.97. The van der Waals surface area contributed by atoms with Crippen molar-refractivity contribution in [2.45, 2.75) is 70.6 Å². The minimum absolute atomic E-state index is 0.0838. The van der Waals surface area contributed by atoms with E-state index in [1.807, 2.05) is 27.7 Å². The van der Waals surface area contributed by atoms with Crippen LogP contribution in [0.25, 0.3) is 0 Å². The highest BCUT2D eigenvalue weighted by atomic mass is 16.5. The SMILES string of the molecule is CCNC1(C(=O)OC)CCCC(OCCOC(C)(C)C)C1. The van der Waals surface area contributed by atoms with Crippen molar-refractivity contribution in [3.05, 3.63) is 0 Å². The fourth-order valence-corrected chi connectivity index (χ4v) is 2.88. The van der Waals surface area contributed by atoms with Crippen molar-refractivity contribution in [2.24, 2.45) is 0 Å². The summed E-state index contributed by atoms with van der Waals surface area (Å²) in [4.78, 5) is 12.1. The third-order valence-corrected chi connectivity index (χ3v) is 3.77. The molecule has 0 radical (unpaired) electrons. The zero-order chi connectivity index (χ0) is 15.9. The van der Waals surface area contributed by atoms with E-state index in [1.165, 1.54) is 7.11 Å². The van der Waals surface area contributed by atoms with Gasteiger partial charge < -0.3 is 19.5 Å². The maximum absolute atomic E-state index is 12.1. The van der Waals surface area contributed by atoms with Crippen LogP contribution in [0.5, 0.6) is 0 Å². The predicted octanol–water partition coefficient (Wildman–Crippen LogP) is 2.28. The quantitative estimate of drug-likeness (QED) is 0.577. The molecule has 0 bridgehead atoms. The normalized spacial score (nSPS) is 26.6. The van der Waals surface area contributed by atoms with E-state index in [0.717, 1.165) is 25.8 Å². The van der Waals surface area contributed by atoms with Crippen LogP contribution in [0.4, 0.5) is 0 Å². The number of carbonyl (C=O) groups excluding carboxylic acids is 1. The van der Waals surface area contributed by atoms with Crippen molar-refractivity contribution < 1.29 is 19.0 Å². The number of carbonyl (C=O) groups is 1. The number of rotatable bonds is 7. The molecule has 0 aromatic heterocycles. The molecule has 21 heavy (non-hydrogen) atoms. The number of nitrogens with one attached hydrogen (secondary N) is 1. The summed E-state index contributed by atoms with van der Waals surface area (Å²) in [6.07, 6.45) is 3.52. The lowest BCUT2D eigenvalue weighted by atomic mass is 9.80. The molecule has 0 spiro atoms. The Labute approximate surface area is 128 Å². The van der Waals surface area contributed by atoms with E-state index < -0.39 is 5.54 Å². The lowest BCUT2D eigenvalue weighted by Gasteiger charge is -2.39. The van der Waals surface area contributed by atoms with Gasteiger partial charge in [0.05, 0.1) is 32.0 Å². The number of ether oxygens (including phenoxy) is 3. The fraction of sp³-hybridized carbons (Fsp3) is 0.938. The van der Waals surface area contributed by atoms with Crippen LogP contribution in [0, 0.1) is 0 Å². The van der Waals surface area contributed by atoms with E-state index in [4.69, 9.17) is 14.2 Å². The molecule has 124 valence electrons. The van der Waals surface area contributed by atoms with Gasteiger partial charge in [-0.25, -0.2) is 0 Å². The molecule has 1 aliphatic rings. The fourth-order valence-electron chi connectivity index (χ4n) is 2.88. The average Bonchev–Trinajstić information content (AvgIpc) is 2.42. The topological polar surface area (TPSA) is 56.8 Å². The van der Waals surface area contributed by atoms with Crippen LogP contribution in [-0.4, -0.2) is 50.1 Å². The molecule has 0 amide bonds. The second-order valence-corrected chi connectivity index (χ2v) is 6.65. The first-order valence-corrected chi connectivity index (χ1v) is 7.92. The molecule has 0 aliphatic heterocycles. The van der Waals surface area contributed by atoms with Gasteiger partial charge in [0.25, 0.3) is 0 Å². The van der Waals surface area contributed by atoms with E-state index in [-0.39, 0.29) is 17.7 Å². The van der Waals surface area contributed by atoms with E-state index in [0.29, 0.717) is 19.6 Å². The summed E-state index contributed by atoms with van der Waals surface area (Å²) < 4.78 is 16.5. The summed E-state index contributed by atoms with van der Waals surface area (Å²) in [5.74, 6) is -0.177. The number of hydrogen-bond acceptors (Lipinski definition) is 5. The number of esters is 1. The lowest BCUT2D eigenvalue weighted by Crippen LogP contribution is -2.56. The minimum atomic E-state index is -0.586. The Hall–Kier alpha value is -0.650. The van der Waals surface area contributed by atoms with Gasteiger partial charge in [-0.3, -0.25) is 4.79 Å². The Balaban J connectivity index is 2.48. The van der Waals surface area contributed by atoms with Crippen LogP contribution in [0.2, 0.25) is 0 Å². The van der Waals surface area contributed by atoms with Gasteiger partial charge in [0.1, 0.15) is 5.54 Å². The van der Waals surface area contributed by atoms with E-state index >= 15 is 0 Å². The Kier molecular flexibility index (Phi) is 7.10. The predicted molar refractivity (Wildman–Crippen MR) is 82.3 cm³/mol. The molecule has 1 aliphatic carbocycles. The van der Waals surface area contributed by atoms with Gasteiger partial charge in [0, 0.05) is 6.42 Å². The average molecular weight is 301 g/mol. The molecule has 0 saturated heterocycles. The summed E-state index contributed by atoms with van der Waals surface area (Å²) in [6, 6.07) is 0.